The second-order valence-corrected chi connectivity index (χ2v) is 10.4. The molecule has 1 heterocycles. The Morgan fingerprint density at radius 1 is 0.371 bits per heavy atom. The van der Waals surface area contributed by atoms with E-state index in [1.807, 2.05) is 11.3 Å². The Bertz CT molecular complexity index is 2030. The number of benzene rings is 7. The van der Waals surface area contributed by atoms with Crippen LogP contribution in [0.5, 0.6) is 0 Å². The maximum atomic E-state index is 2.40. The van der Waals surface area contributed by atoms with Gasteiger partial charge in [-0.25, -0.2) is 0 Å². The third-order valence-electron chi connectivity index (χ3n) is 7.42. The van der Waals surface area contributed by atoms with Crippen molar-refractivity contribution in [3.8, 4) is 22.3 Å². The summed E-state index contributed by atoms with van der Waals surface area (Å²) in [4.78, 5) is 0. The fourth-order valence-corrected chi connectivity index (χ4v) is 6.81. The largest absolute Gasteiger partial charge is 0.135 e. The molecule has 0 N–H and O–H groups in total. The van der Waals surface area contributed by atoms with Gasteiger partial charge >= 0.3 is 0 Å². The molecule has 0 amide bonds. The number of hydrogen-bond donors (Lipinski definition) is 0. The van der Waals surface area contributed by atoms with Crippen LogP contribution in [-0.4, -0.2) is 0 Å². The highest BCUT2D eigenvalue weighted by molar-refractivity contribution is 7.25. The number of fused-ring (bicyclic) bond motifs is 3. The van der Waals surface area contributed by atoms with E-state index in [1.165, 1.54) is 74.7 Å². The first-order valence-electron chi connectivity index (χ1n) is 12.0. The van der Waals surface area contributed by atoms with E-state index in [9.17, 15) is 0 Å². The maximum Gasteiger partial charge on any atom is 0.0355 e. The molecule has 162 valence electrons. The zero-order valence-electron chi connectivity index (χ0n) is 19.0. The van der Waals surface area contributed by atoms with Crippen LogP contribution in [0.25, 0.3) is 74.7 Å². The first kappa shape index (κ1) is 19.1. The van der Waals surface area contributed by atoms with Gasteiger partial charge in [-0.1, -0.05) is 97.1 Å². The molecule has 0 atom stereocenters. The van der Waals surface area contributed by atoms with Crippen molar-refractivity contribution in [2.45, 2.75) is 0 Å². The normalized spacial score (nSPS) is 12.0. The summed E-state index contributed by atoms with van der Waals surface area (Å²) in [5, 5.41) is 10.7. The summed E-state index contributed by atoms with van der Waals surface area (Å²) in [5.74, 6) is 0. The molecule has 0 fully saturated rings. The maximum absolute atomic E-state index is 2.40. The molecule has 8 aromatic rings. The van der Waals surface area contributed by atoms with E-state index in [0.29, 0.717) is 0 Å². The van der Waals surface area contributed by atoms with E-state index < -0.39 is 0 Å². The monoisotopic (exact) mass is 460 g/mol. The average Bonchev–Trinajstić information content (AvgIpc) is 3.29. The van der Waals surface area contributed by atoms with Gasteiger partial charge < -0.3 is 0 Å². The summed E-state index contributed by atoms with van der Waals surface area (Å²) in [6.45, 7) is 0. The summed E-state index contributed by atoms with van der Waals surface area (Å²) in [7, 11) is 0. The highest BCUT2D eigenvalue weighted by Crippen LogP contribution is 2.42. The van der Waals surface area contributed by atoms with Crippen LogP contribution in [0.3, 0.4) is 0 Å². The molecule has 0 spiro atoms. The smallest absolute Gasteiger partial charge is 0.0355 e. The second kappa shape index (κ2) is 7.15. The van der Waals surface area contributed by atoms with Crippen molar-refractivity contribution in [2.24, 2.45) is 0 Å². The van der Waals surface area contributed by atoms with Crippen molar-refractivity contribution in [1.82, 2.24) is 0 Å². The third kappa shape index (κ3) is 2.79. The molecule has 0 unspecified atom stereocenters. The van der Waals surface area contributed by atoms with Crippen molar-refractivity contribution in [2.75, 3.05) is 0 Å². The minimum absolute atomic E-state index is 1.26. The van der Waals surface area contributed by atoms with Crippen LogP contribution < -0.4 is 0 Å². The molecule has 0 saturated carbocycles. The summed E-state index contributed by atoms with van der Waals surface area (Å²) >= 11 is 1.88. The first-order valence-corrected chi connectivity index (χ1v) is 12.8. The minimum Gasteiger partial charge on any atom is -0.135 e. The lowest BCUT2D eigenvalue weighted by molar-refractivity contribution is 1.66. The van der Waals surface area contributed by atoms with E-state index in [2.05, 4.69) is 121 Å². The van der Waals surface area contributed by atoms with Crippen LogP contribution in [0.1, 0.15) is 0 Å². The first-order chi connectivity index (χ1) is 17.3. The van der Waals surface area contributed by atoms with Gasteiger partial charge in [-0.05, 0) is 78.8 Å². The van der Waals surface area contributed by atoms with Crippen LogP contribution in [0.2, 0.25) is 0 Å². The molecule has 0 aliphatic carbocycles. The zero-order valence-corrected chi connectivity index (χ0v) is 19.8. The van der Waals surface area contributed by atoms with Crippen molar-refractivity contribution < 1.29 is 0 Å². The van der Waals surface area contributed by atoms with Crippen LogP contribution in [0, 0.1) is 0 Å². The van der Waals surface area contributed by atoms with Crippen LogP contribution >= 0.6 is 11.3 Å². The quantitative estimate of drug-likeness (QED) is 0.225. The Morgan fingerprint density at radius 2 is 1.00 bits per heavy atom. The topological polar surface area (TPSA) is 0 Å². The van der Waals surface area contributed by atoms with Crippen molar-refractivity contribution >= 4 is 63.8 Å². The lowest BCUT2D eigenvalue weighted by atomic mass is 9.89. The Hall–Kier alpha value is -4.20. The standard InChI is InChI=1S/C34H20S/c1-2-5-21(6-3-1)25-13-17-31-29(19-25)30-20-26(14-18-32(30)35-31)27-15-11-24-10-9-22-7-4-8-23-12-16-28(27)34(24)33(22)23/h1-20H. The highest BCUT2D eigenvalue weighted by atomic mass is 32.1. The van der Waals surface area contributed by atoms with Crippen LogP contribution in [0.15, 0.2) is 121 Å². The Balaban J connectivity index is 1.39. The Kier molecular flexibility index (Phi) is 3.91. The SMILES string of the molecule is c1ccc(-c2ccc3sc4ccc(-c5ccc6ccc7cccc8ccc5c6c78)cc4c3c2)cc1. The van der Waals surface area contributed by atoms with Gasteiger partial charge in [0.25, 0.3) is 0 Å². The number of rotatable bonds is 2. The molecule has 0 bridgehead atoms. The molecule has 0 nitrogen and oxygen atoms in total. The third-order valence-corrected chi connectivity index (χ3v) is 8.57. The molecule has 0 aliphatic rings. The van der Waals surface area contributed by atoms with Gasteiger partial charge in [0.2, 0.25) is 0 Å². The van der Waals surface area contributed by atoms with E-state index in [0.717, 1.165) is 0 Å². The molecule has 0 aliphatic heterocycles. The summed E-state index contributed by atoms with van der Waals surface area (Å²) < 4.78 is 2.68. The van der Waals surface area contributed by atoms with Crippen LogP contribution in [0.4, 0.5) is 0 Å². The highest BCUT2D eigenvalue weighted by Gasteiger charge is 2.14. The molecular weight excluding hydrogens is 440 g/mol. The number of hydrogen-bond acceptors (Lipinski definition) is 1. The molecule has 8 rings (SSSR count). The van der Waals surface area contributed by atoms with E-state index >= 15 is 0 Å². The molecule has 35 heavy (non-hydrogen) atoms. The predicted molar refractivity (Wildman–Crippen MR) is 154 cm³/mol. The molecule has 0 saturated heterocycles. The Morgan fingerprint density at radius 3 is 1.77 bits per heavy atom. The van der Waals surface area contributed by atoms with Gasteiger partial charge in [-0.2, -0.15) is 0 Å². The molecular formula is C34H20S. The molecule has 1 heteroatoms. The van der Waals surface area contributed by atoms with E-state index in [1.54, 1.807) is 0 Å². The van der Waals surface area contributed by atoms with Gasteiger partial charge in [0, 0.05) is 20.2 Å². The lowest BCUT2D eigenvalue weighted by Crippen LogP contribution is -1.87. The average molecular weight is 461 g/mol. The molecule has 0 radical (unpaired) electrons. The van der Waals surface area contributed by atoms with E-state index in [-0.39, 0.29) is 0 Å². The van der Waals surface area contributed by atoms with Gasteiger partial charge in [0.05, 0.1) is 0 Å². The predicted octanol–water partition coefficient (Wildman–Crippen LogP) is 10.3. The van der Waals surface area contributed by atoms with Gasteiger partial charge in [0.1, 0.15) is 0 Å². The van der Waals surface area contributed by atoms with Crippen molar-refractivity contribution in [1.29, 1.82) is 0 Å². The second-order valence-electron chi connectivity index (χ2n) is 9.36. The summed E-state index contributed by atoms with van der Waals surface area (Å²) in [5.41, 5.74) is 5.11. The van der Waals surface area contributed by atoms with Gasteiger partial charge in [0.15, 0.2) is 0 Å². The van der Waals surface area contributed by atoms with Crippen LogP contribution in [-0.2, 0) is 0 Å². The Labute approximate surface area is 207 Å². The van der Waals surface area contributed by atoms with Gasteiger partial charge in [-0.15, -0.1) is 11.3 Å². The lowest BCUT2D eigenvalue weighted by Gasteiger charge is -2.14. The van der Waals surface area contributed by atoms with E-state index in [4.69, 9.17) is 0 Å². The number of thiophene rings is 1. The fraction of sp³-hybridized carbons (Fsp3) is 0. The summed E-state index contributed by atoms with van der Waals surface area (Å²) in [6, 6.07) is 44.8. The fourth-order valence-electron chi connectivity index (χ4n) is 5.74. The minimum atomic E-state index is 1.26. The van der Waals surface area contributed by atoms with Gasteiger partial charge in [-0.3, -0.25) is 0 Å². The van der Waals surface area contributed by atoms with Crippen molar-refractivity contribution in [3.63, 3.8) is 0 Å². The molecule has 1 aromatic heterocycles. The zero-order chi connectivity index (χ0) is 22.9. The molecule has 7 aromatic carbocycles. The summed E-state index contributed by atoms with van der Waals surface area (Å²) in [6.07, 6.45) is 0. The van der Waals surface area contributed by atoms with Crippen molar-refractivity contribution in [3.05, 3.63) is 121 Å².